The van der Waals surface area contributed by atoms with Crippen LogP contribution in [-0.2, 0) is 14.8 Å². The van der Waals surface area contributed by atoms with Crippen LogP contribution in [0.25, 0.3) is 5.69 Å². The molecule has 2 rings (SSSR count). The van der Waals surface area contributed by atoms with Gasteiger partial charge >= 0.3 is 0 Å². The zero-order chi connectivity index (χ0) is 17.0. The molecule has 6 nitrogen and oxygen atoms in total. The minimum Gasteiger partial charge on any atom is -0.381 e. The van der Waals surface area contributed by atoms with Crippen LogP contribution in [0.15, 0.2) is 36.7 Å². The number of sulfonamides is 1. The van der Waals surface area contributed by atoms with Crippen molar-refractivity contribution in [1.29, 1.82) is 0 Å². The van der Waals surface area contributed by atoms with Crippen LogP contribution in [0.1, 0.15) is 31.3 Å². The van der Waals surface area contributed by atoms with Gasteiger partial charge in [-0.05, 0) is 38.5 Å². The van der Waals surface area contributed by atoms with E-state index in [1.54, 1.807) is 13.1 Å². The van der Waals surface area contributed by atoms with Gasteiger partial charge in [-0.15, -0.1) is 0 Å². The van der Waals surface area contributed by atoms with E-state index >= 15 is 0 Å². The van der Waals surface area contributed by atoms with Gasteiger partial charge in [-0.2, -0.15) is 0 Å². The molecule has 1 aromatic heterocycles. The molecule has 7 heteroatoms. The number of rotatable bonds is 7. The Bertz CT molecular complexity index is 738. The van der Waals surface area contributed by atoms with Crippen molar-refractivity contribution in [3.05, 3.63) is 48.0 Å². The van der Waals surface area contributed by atoms with Crippen molar-refractivity contribution in [2.45, 2.75) is 32.9 Å². The fourth-order valence-electron chi connectivity index (χ4n) is 2.34. The molecule has 0 saturated heterocycles. The lowest BCUT2D eigenvalue weighted by Crippen LogP contribution is -2.33. The average molecular weight is 337 g/mol. The predicted octanol–water partition coefficient (Wildman–Crippen LogP) is 2.20. The monoisotopic (exact) mass is 337 g/mol. The van der Waals surface area contributed by atoms with Crippen LogP contribution in [0.3, 0.4) is 0 Å². The van der Waals surface area contributed by atoms with Crippen molar-refractivity contribution in [3.63, 3.8) is 0 Å². The molecule has 0 radical (unpaired) electrons. The number of aromatic nitrogens is 2. The predicted molar refractivity (Wildman–Crippen MR) is 90.1 cm³/mol. The molecule has 2 aromatic rings. The van der Waals surface area contributed by atoms with E-state index in [-0.39, 0.29) is 17.9 Å². The number of hydrogen-bond donors (Lipinski definition) is 1. The minimum atomic E-state index is -3.39. The highest BCUT2D eigenvalue weighted by molar-refractivity contribution is 7.89. The van der Waals surface area contributed by atoms with E-state index < -0.39 is 10.0 Å². The molecule has 23 heavy (non-hydrogen) atoms. The van der Waals surface area contributed by atoms with E-state index in [4.69, 9.17) is 4.74 Å². The summed E-state index contributed by atoms with van der Waals surface area (Å²) >= 11 is 0. The van der Waals surface area contributed by atoms with Gasteiger partial charge in [0.05, 0.1) is 11.9 Å². The first-order valence-electron chi connectivity index (χ1n) is 7.45. The molecule has 2 atom stereocenters. The molecule has 0 fully saturated rings. The third-order valence-corrected chi connectivity index (χ3v) is 5.33. The Kier molecular flexibility index (Phi) is 5.56. The quantitative estimate of drug-likeness (QED) is 0.840. The van der Waals surface area contributed by atoms with Crippen molar-refractivity contribution in [2.24, 2.45) is 0 Å². The Morgan fingerprint density at radius 3 is 2.43 bits per heavy atom. The molecule has 0 saturated carbocycles. The number of hydrogen-bond acceptors (Lipinski definition) is 4. The normalized spacial score (nSPS) is 14.6. The molecule has 0 aliphatic heterocycles. The summed E-state index contributed by atoms with van der Waals surface area (Å²) in [5.41, 5.74) is 1.90. The van der Waals surface area contributed by atoms with Gasteiger partial charge < -0.3 is 9.30 Å². The van der Waals surface area contributed by atoms with Crippen LogP contribution in [0.2, 0.25) is 0 Å². The Morgan fingerprint density at radius 2 is 1.91 bits per heavy atom. The summed E-state index contributed by atoms with van der Waals surface area (Å²) in [4.78, 5) is 4.19. The van der Waals surface area contributed by atoms with Crippen molar-refractivity contribution < 1.29 is 13.2 Å². The Balaban J connectivity index is 2.09. The number of aryl methyl sites for hydroxylation is 1. The average Bonchev–Trinajstić information content (AvgIpc) is 2.92. The van der Waals surface area contributed by atoms with Gasteiger partial charge in [0.1, 0.15) is 5.82 Å². The molecule has 0 unspecified atom stereocenters. The van der Waals surface area contributed by atoms with Crippen LogP contribution in [0.4, 0.5) is 0 Å². The lowest BCUT2D eigenvalue weighted by Gasteiger charge is -2.17. The zero-order valence-corrected chi connectivity index (χ0v) is 14.7. The Labute approximate surface area is 137 Å². The summed E-state index contributed by atoms with van der Waals surface area (Å²) in [5, 5.41) is 0. The first kappa shape index (κ1) is 17.7. The molecule has 1 N–H and O–H groups in total. The number of nitrogens with zero attached hydrogens (tertiary/aromatic N) is 2. The van der Waals surface area contributed by atoms with Crippen LogP contribution in [0, 0.1) is 6.92 Å². The van der Waals surface area contributed by atoms with Crippen molar-refractivity contribution in [1.82, 2.24) is 14.3 Å². The van der Waals surface area contributed by atoms with E-state index in [2.05, 4.69) is 9.71 Å². The maximum absolute atomic E-state index is 12.1. The summed E-state index contributed by atoms with van der Waals surface area (Å²) in [6.45, 7) is 5.49. The van der Waals surface area contributed by atoms with Crippen LogP contribution in [-0.4, -0.2) is 36.9 Å². The van der Waals surface area contributed by atoms with Gasteiger partial charge in [0.15, 0.2) is 0 Å². The second-order valence-corrected chi connectivity index (χ2v) is 7.40. The molecule has 126 valence electrons. The molecule has 0 amide bonds. The number of imidazole rings is 1. The topological polar surface area (TPSA) is 73.2 Å². The molecule has 1 aromatic carbocycles. The van der Waals surface area contributed by atoms with Gasteiger partial charge in [-0.1, -0.05) is 12.1 Å². The second kappa shape index (κ2) is 7.25. The molecule has 0 aliphatic carbocycles. The SMILES string of the molecule is CO[C@H](C)CS(=O)(=O)N[C@@H](C)c1ccc(-n2ccnc2C)cc1. The van der Waals surface area contributed by atoms with Gasteiger partial charge in [0.25, 0.3) is 0 Å². The molecule has 1 heterocycles. The summed E-state index contributed by atoms with van der Waals surface area (Å²) in [6.07, 6.45) is 3.30. The highest BCUT2D eigenvalue weighted by atomic mass is 32.2. The first-order chi connectivity index (χ1) is 10.8. The molecule has 0 spiro atoms. The number of ether oxygens (including phenoxy) is 1. The van der Waals surface area contributed by atoms with E-state index in [0.717, 1.165) is 17.1 Å². The number of benzene rings is 1. The van der Waals surface area contributed by atoms with Crippen molar-refractivity contribution >= 4 is 10.0 Å². The largest absolute Gasteiger partial charge is 0.381 e. The van der Waals surface area contributed by atoms with E-state index in [1.165, 1.54) is 7.11 Å². The lowest BCUT2D eigenvalue weighted by atomic mass is 10.1. The van der Waals surface area contributed by atoms with Gasteiger partial charge in [-0.25, -0.2) is 18.1 Å². The van der Waals surface area contributed by atoms with E-state index in [9.17, 15) is 8.42 Å². The zero-order valence-electron chi connectivity index (χ0n) is 13.9. The summed E-state index contributed by atoms with van der Waals surface area (Å²) in [7, 11) is -1.89. The molecular weight excluding hydrogens is 314 g/mol. The smallest absolute Gasteiger partial charge is 0.214 e. The van der Waals surface area contributed by atoms with Crippen LogP contribution >= 0.6 is 0 Å². The molecule has 0 aliphatic rings. The molecular formula is C16H23N3O3S. The third kappa shape index (κ3) is 4.63. The fourth-order valence-corrected chi connectivity index (χ4v) is 3.86. The summed E-state index contributed by atoms with van der Waals surface area (Å²) in [5.74, 6) is 0.847. The number of nitrogens with one attached hydrogen (secondary N) is 1. The van der Waals surface area contributed by atoms with Gasteiger partial charge in [-0.3, -0.25) is 0 Å². The molecule has 0 bridgehead atoms. The number of methoxy groups -OCH3 is 1. The first-order valence-corrected chi connectivity index (χ1v) is 9.10. The maximum atomic E-state index is 12.1. The van der Waals surface area contributed by atoms with Crippen molar-refractivity contribution in [3.8, 4) is 5.69 Å². The van der Waals surface area contributed by atoms with Crippen LogP contribution < -0.4 is 4.72 Å². The van der Waals surface area contributed by atoms with Crippen molar-refractivity contribution in [2.75, 3.05) is 12.9 Å². The standard InChI is InChI=1S/C16H23N3O3S/c1-12(22-4)11-23(20,21)18-13(2)15-5-7-16(8-6-15)19-10-9-17-14(19)3/h5-10,12-13,18H,11H2,1-4H3/t12-,13+/m1/s1. The highest BCUT2D eigenvalue weighted by Crippen LogP contribution is 2.17. The highest BCUT2D eigenvalue weighted by Gasteiger charge is 2.19. The fraction of sp³-hybridized carbons (Fsp3) is 0.438. The minimum absolute atomic E-state index is 0.0554. The van der Waals surface area contributed by atoms with E-state index in [0.29, 0.717) is 0 Å². The van der Waals surface area contributed by atoms with E-state index in [1.807, 2.05) is 48.9 Å². The van der Waals surface area contributed by atoms with Crippen LogP contribution in [0.5, 0.6) is 0 Å². The Morgan fingerprint density at radius 1 is 1.26 bits per heavy atom. The van der Waals surface area contributed by atoms with Gasteiger partial charge in [0, 0.05) is 31.2 Å². The summed E-state index contributed by atoms with van der Waals surface area (Å²) < 4.78 is 33.8. The van der Waals surface area contributed by atoms with Gasteiger partial charge in [0.2, 0.25) is 10.0 Å². The summed E-state index contributed by atoms with van der Waals surface area (Å²) in [6, 6.07) is 7.43. The Hall–Kier alpha value is -1.70. The third-order valence-electron chi connectivity index (χ3n) is 3.71. The lowest BCUT2D eigenvalue weighted by molar-refractivity contribution is 0.136. The second-order valence-electron chi connectivity index (χ2n) is 5.60. The maximum Gasteiger partial charge on any atom is 0.214 e.